The van der Waals surface area contributed by atoms with Crippen LogP contribution >= 0.6 is 0 Å². The molecule has 5 nitrogen and oxygen atoms in total. The van der Waals surface area contributed by atoms with Gasteiger partial charge in [-0.05, 0) is 12.0 Å². The molecule has 1 aromatic rings. The van der Waals surface area contributed by atoms with Gasteiger partial charge in [0.25, 0.3) is 0 Å². The van der Waals surface area contributed by atoms with Gasteiger partial charge in [-0.25, -0.2) is 4.79 Å². The summed E-state index contributed by atoms with van der Waals surface area (Å²) in [6.45, 7) is 4.00. The number of primary amides is 1. The van der Waals surface area contributed by atoms with Crippen LogP contribution in [-0.4, -0.2) is 16.2 Å². The Bertz CT molecular complexity index is 311. The Hall–Kier alpha value is -1.65. The van der Waals surface area contributed by atoms with Crippen LogP contribution in [0.5, 0.6) is 0 Å². The largest absolute Gasteiger partial charge is 0.351 e. The highest BCUT2D eigenvalue weighted by Gasteiger charge is 2.03. The van der Waals surface area contributed by atoms with Crippen molar-refractivity contribution in [1.29, 1.82) is 0 Å². The minimum absolute atomic E-state index is 0.280. The van der Waals surface area contributed by atoms with Crippen molar-refractivity contribution in [2.45, 2.75) is 19.8 Å². The number of carbonyl (C=O) groups excluding carboxylic acids is 1. The van der Waals surface area contributed by atoms with E-state index in [0.29, 0.717) is 5.69 Å². The van der Waals surface area contributed by atoms with Crippen molar-refractivity contribution in [3.8, 4) is 0 Å². The van der Waals surface area contributed by atoms with Gasteiger partial charge in [0, 0.05) is 0 Å². The lowest BCUT2D eigenvalue weighted by atomic mass is 10.1. The van der Waals surface area contributed by atoms with Crippen molar-refractivity contribution in [3.63, 3.8) is 0 Å². The fourth-order valence-electron chi connectivity index (χ4n) is 0.876. The second kappa shape index (κ2) is 3.84. The molecule has 1 aromatic heterocycles. The number of carbonyl (C=O) groups is 1. The third kappa shape index (κ3) is 2.70. The predicted molar refractivity (Wildman–Crippen MR) is 49.3 cm³/mol. The number of nitrogens with one attached hydrogen (secondary N) is 1. The van der Waals surface area contributed by atoms with Gasteiger partial charge < -0.3 is 11.1 Å². The minimum Gasteiger partial charge on any atom is -0.351 e. The van der Waals surface area contributed by atoms with Crippen LogP contribution in [0.15, 0.2) is 12.3 Å². The van der Waals surface area contributed by atoms with Gasteiger partial charge in [-0.3, -0.25) is 0 Å². The summed E-state index contributed by atoms with van der Waals surface area (Å²) in [7, 11) is 0. The molecule has 3 N–H and O–H groups in total. The molecule has 1 rings (SSSR count). The number of nitrogens with two attached hydrogens (primary N) is 1. The first-order valence-electron chi connectivity index (χ1n) is 3.98. The summed E-state index contributed by atoms with van der Waals surface area (Å²) in [6.07, 6.45) is 1.46. The molecule has 0 bridgehead atoms. The first-order chi connectivity index (χ1) is 6.09. The van der Waals surface area contributed by atoms with Crippen LogP contribution in [0.1, 0.15) is 25.5 Å². The summed E-state index contributed by atoms with van der Waals surface area (Å²) >= 11 is 0. The van der Waals surface area contributed by atoms with Crippen molar-refractivity contribution in [3.05, 3.63) is 18.0 Å². The van der Waals surface area contributed by atoms with Crippen molar-refractivity contribution in [2.24, 2.45) is 5.73 Å². The Kier molecular flexibility index (Phi) is 2.79. The molecule has 1 heterocycles. The maximum atomic E-state index is 10.5. The van der Waals surface area contributed by atoms with Crippen LogP contribution in [0, 0.1) is 0 Å². The van der Waals surface area contributed by atoms with Gasteiger partial charge in [-0.15, -0.1) is 0 Å². The molecule has 2 amide bonds. The van der Waals surface area contributed by atoms with Gasteiger partial charge >= 0.3 is 6.03 Å². The molecule has 0 unspecified atom stereocenters. The Morgan fingerprint density at radius 1 is 1.62 bits per heavy atom. The topological polar surface area (TPSA) is 80.9 Å². The van der Waals surface area contributed by atoms with Gasteiger partial charge in [0.1, 0.15) is 0 Å². The molecular weight excluding hydrogens is 168 g/mol. The highest BCUT2D eigenvalue weighted by molar-refractivity contribution is 5.87. The summed E-state index contributed by atoms with van der Waals surface area (Å²) in [5.74, 6) is 0.280. The average molecular weight is 180 g/mol. The van der Waals surface area contributed by atoms with E-state index in [4.69, 9.17) is 5.73 Å². The van der Waals surface area contributed by atoms with Crippen molar-refractivity contribution < 1.29 is 4.79 Å². The van der Waals surface area contributed by atoms with Crippen LogP contribution in [-0.2, 0) is 0 Å². The average Bonchev–Trinajstić information content (AvgIpc) is 2.03. The smallest absolute Gasteiger partial charge is 0.316 e. The molecule has 0 aromatic carbocycles. The first-order valence-corrected chi connectivity index (χ1v) is 3.98. The number of amides is 2. The number of hydrogen-bond acceptors (Lipinski definition) is 3. The number of aromatic nitrogens is 2. The quantitative estimate of drug-likeness (QED) is 0.714. The molecule has 70 valence electrons. The number of nitrogens with zero attached hydrogens (tertiary/aromatic N) is 2. The number of anilines is 1. The van der Waals surface area contributed by atoms with Crippen molar-refractivity contribution in [1.82, 2.24) is 10.2 Å². The summed E-state index contributed by atoms with van der Waals surface area (Å²) in [5.41, 5.74) is 6.35. The summed E-state index contributed by atoms with van der Waals surface area (Å²) in [6, 6.07) is 1.16. The monoisotopic (exact) mass is 180 g/mol. The molecule has 0 saturated carbocycles. The zero-order chi connectivity index (χ0) is 9.84. The van der Waals surface area contributed by atoms with E-state index in [0.717, 1.165) is 5.69 Å². The third-order valence-corrected chi connectivity index (χ3v) is 1.53. The van der Waals surface area contributed by atoms with Crippen molar-refractivity contribution >= 4 is 11.7 Å². The second-order valence-electron chi connectivity index (χ2n) is 3.01. The van der Waals surface area contributed by atoms with E-state index in [1.54, 1.807) is 6.07 Å². The minimum atomic E-state index is -0.595. The molecule has 0 fully saturated rings. The normalized spacial score (nSPS) is 10.1. The lowest BCUT2D eigenvalue weighted by Crippen LogP contribution is -2.19. The summed E-state index contributed by atoms with van der Waals surface area (Å²) in [4.78, 5) is 10.5. The molecule has 0 aliphatic rings. The van der Waals surface area contributed by atoms with Crippen LogP contribution in [0.2, 0.25) is 0 Å². The molecule has 0 aliphatic carbocycles. The zero-order valence-electron chi connectivity index (χ0n) is 7.61. The SMILES string of the molecule is CC(C)c1cc(NC(N)=O)cnn1. The number of hydrogen-bond donors (Lipinski definition) is 2. The highest BCUT2D eigenvalue weighted by Crippen LogP contribution is 2.13. The van der Waals surface area contributed by atoms with E-state index >= 15 is 0 Å². The summed E-state index contributed by atoms with van der Waals surface area (Å²) in [5, 5.41) is 10.1. The van der Waals surface area contributed by atoms with E-state index in [2.05, 4.69) is 15.5 Å². The number of rotatable bonds is 2. The van der Waals surface area contributed by atoms with Crippen LogP contribution < -0.4 is 11.1 Å². The van der Waals surface area contributed by atoms with E-state index in [1.807, 2.05) is 13.8 Å². The van der Waals surface area contributed by atoms with E-state index in [9.17, 15) is 4.79 Å². The Morgan fingerprint density at radius 2 is 2.31 bits per heavy atom. The van der Waals surface area contributed by atoms with Crippen LogP contribution in [0.3, 0.4) is 0 Å². The van der Waals surface area contributed by atoms with Crippen LogP contribution in [0.25, 0.3) is 0 Å². The first kappa shape index (κ1) is 9.44. The number of urea groups is 1. The van der Waals surface area contributed by atoms with Gasteiger partial charge in [-0.2, -0.15) is 10.2 Å². The molecular formula is C8H12N4O. The highest BCUT2D eigenvalue weighted by atomic mass is 16.2. The van der Waals surface area contributed by atoms with E-state index < -0.39 is 6.03 Å². The van der Waals surface area contributed by atoms with Gasteiger partial charge in [-0.1, -0.05) is 13.8 Å². The second-order valence-corrected chi connectivity index (χ2v) is 3.01. The third-order valence-electron chi connectivity index (χ3n) is 1.53. The van der Waals surface area contributed by atoms with E-state index in [1.165, 1.54) is 6.20 Å². The summed E-state index contributed by atoms with van der Waals surface area (Å²) < 4.78 is 0. The van der Waals surface area contributed by atoms with Gasteiger partial charge in [0.2, 0.25) is 0 Å². The van der Waals surface area contributed by atoms with Crippen molar-refractivity contribution in [2.75, 3.05) is 5.32 Å². The Morgan fingerprint density at radius 3 is 2.85 bits per heavy atom. The molecule has 5 heteroatoms. The predicted octanol–water partition coefficient (Wildman–Crippen LogP) is 1.09. The van der Waals surface area contributed by atoms with Gasteiger partial charge in [0.15, 0.2) is 0 Å². The fraction of sp³-hybridized carbons (Fsp3) is 0.375. The Labute approximate surface area is 76.4 Å². The lowest BCUT2D eigenvalue weighted by Gasteiger charge is -2.05. The van der Waals surface area contributed by atoms with E-state index in [-0.39, 0.29) is 5.92 Å². The molecule has 0 radical (unpaired) electrons. The Balaban J connectivity index is 2.85. The molecule has 0 aliphatic heterocycles. The maximum absolute atomic E-state index is 10.5. The molecule has 0 saturated heterocycles. The lowest BCUT2D eigenvalue weighted by molar-refractivity contribution is 0.259. The molecule has 13 heavy (non-hydrogen) atoms. The fourth-order valence-corrected chi connectivity index (χ4v) is 0.876. The molecule has 0 atom stereocenters. The zero-order valence-corrected chi connectivity index (χ0v) is 7.61. The van der Waals surface area contributed by atoms with Gasteiger partial charge in [0.05, 0.1) is 17.6 Å². The standard InChI is InChI=1S/C8H12N4O/c1-5(2)7-3-6(4-10-12-7)11-8(9)13/h3-5H,1-2H3,(H3,9,11,12,13). The van der Waals surface area contributed by atoms with Crippen LogP contribution in [0.4, 0.5) is 10.5 Å². The maximum Gasteiger partial charge on any atom is 0.316 e. The molecule has 0 spiro atoms.